The van der Waals surface area contributed by atoms with E-state index in [4.69, 9.17) is 4.74 Å². The second-order valence-electron chi connectivity index (χ2n) is 5.45. The lowest BCUT2D eigenvalue weighted by molar-refractivity contribution is 0.0940. The number of nitrogens with one attached hydrogen (secondary N) is 1. The van der Waals surface area contributed by atoms with Crippen LogP contribution >= 0.6 is 0 Å². The number of benzene rings is 1. The Morgan fingerprint density at radius 1 is 1.35 bits per heavy atom. The van der Waals surface area contributed by atoms with Crippen molar-refractivity contribution < 1.29 is 13.2 Å². The molecule has 2 heterocycles. The second kappa shape index (κ2) is 6.97. The molecule has 1 N–H and O–H groups in total. The minimum atomic E-state index is -3.56. The zero-order valence-corrected chi connectivity index (χ0v) is 13.4. The highest BCUT2D eigenvalue weighted by atomic mass is 32.2. The molecule has 0 aliphatic carbocycles. The van der Waals surface area contributed by atoms with Gasteiger partial charge >= 0.3 is 0 Å². The van der Waals surface area contributed by atoms with Gasteiger partial charge in [0.15, 0.2) is 0 Å². The van der Waals surface area contributed by atoms with Crippen molar-refractivity contribution in [2.75, 3.05) is 11.3 Å². The zero-order chi connectivity index (χ0) is 16.1. The summed E-state index contributed by atoms with van der Waals surface area (Å²) >= 11 is 0. The summed E-state index contributed by atoms with van der Waals surface area (Å²) in [4.78, 5) is 0. The van der Waals surface area contributed by atoms with Gasteiger partial charge in [-0.3, -0.25) is 9.40 Å². The Bertz CT molecular complexity index is 763. The van der Waals surface area contributed by atoms with E-state index >= 15 is 0 Å². The molecule has 1 aliphatic rings. The fraction of sp³-hybridized carbons (Fsp3) is 0.312. The molecule has 2 aromatic rings. The quantitative estimate of drug-likeness (QED) is 0.881. The van der Waals surface area contributed by atoms with Crippen LogP contribution in [-0.4, -0.2) is 30.9 Å². The van der Waals surface area contributed by atoms with E-state index < -0.39 is 10.0 Å². The monoisotopic (exact) mass is 333 g/mol. The Kier molecular flexibility index (Phi) is 4.78. The minimum absolute atomic E-state index is 0.164. The summed E-state index contributed by atoms with van der Waals surface area (Å²) in [5.41, 5.74) is 1.27. The van der Waals surface area contributed by atoms with E-state index in [1.54, 1.807) is 17.0 Å². The summed E-state index contributed by atoms with van der Waals surface area (Å²) in [6, 6.07) is 9.27. The molecule has 7 heteroatoms. The molecule has 1 aromatic heterocycles. The van der Waals surface area contributed by atoms with Crippen LogP contribution < -0.4 is 4.72 Å². The molecule has 23 heavy (non-hydrogen) atoms. The normalized spacial score (nSPS) is 18.5. The van der Waals surface area contributed by atoms with Crippen LogP contribution in [0.25, 0.3) is 6.08 Å². The summed E-state index contributed by atoms with van der Waals surface area (Å²) in [5.74, 6) is 0. The van der Waals surface area contributed by atoms with Gasteiger partial charge in [0.2, 0.25) is 0 Å². The highest BCUT2D eigenvalue weighted by Gasteiger charge is 2.16. The van der Waals surface area contributed by atoms with Gasteiger partial charge in [0.25, 0.3) is 10.0 Å². The second-order valence-corrected chi connectivity index (χ2v) is 7.01. The van der Waals surface area contributed by atoms with Crippen LogP contribution in [0.4, 0.5) is 5.69 Å². The number of rotatable bonds is 6. The van der Waals surface area contributed by atoms with Gasteiger partial charge in [-0.2, -0.15) is 5.10 Å². The minimum Gasteiger partial charge on any atom is -0.376 e. The van der Waals surface area contributed by atoms with Crippen molar-refractivity contribution in [3.05, 3.63) is 53.7 Å². The van der Waals surface area contributed by atoms with E-state index in [1.807, 2.05) is 30.3 Å². The van der Waals surface area contributed by atoms with Crippen molar-refractivity contribution in [1.29, 1.82) is 0 Å². The highest BCUT2D eigenvalue weighted by Crippen LogP contribution is 2.15. The summed E-state index contributed by atoms with van der Waals surface area (Å²) < 4.78 is 33.9. The summed E-state index contributed by atoms with van der Waals surface area (Å²) in [7, 11) is -3.56. The fourth-order valence-electron chi connectivity index (χ4n) is 2.44. The Morgan fingerprint density at radius 2 is 2.17 bits per heavy atom. The molecule has 0 unspecified atom stereocenters. The van der Waals surface area contributed by atoms with E-state index in [1.165, 1.54) is 6.20 Å². The average molecular weight is 333 g/mol. The number of aromatic nitrogens is 2. The van der Waals surface area contributed by atoms with Gasteiger partial charge in [-0.05, 0) is 24.5 Å². The number of hydrogen-bond acceptors (Lipinski definition) is 4. The maximum absolute atomic E-state index is 12.1. The molecule has 0 amide bonds. The van der Waals surface area contributed by atoms with Crippen LogP contribution in [0.5, 0.6) is 0 Å². The SMILES string of the molecule is O=S(=O)(/C=C/c1ccccc1)Nc1cnn(C[C@H]2CCCO2)c1. The van der Waals surface area contributed by atoms with Crippen molar-refractivity contribution in [1.82, 2.24) is 9.78 Å². The number of nitrogens with zero attached hydrogens (tertiary/aromatic N) is 2. The van der Waals surface area contributed by atoms with Crippen LogP contribution in [0.1, 0.15) is 18.4 Å². The fourth-order valence-corrected chi connectivity index (χ4v) is 3.28. The smallest absolute Gasteiger partial charge is 0.255 e. The third-order valence-corrected chi connectivity index (χ3v) is 4.56. The standard InChI is InChI=1S/C16H19N3O3S/c20-23(21,10-8-14-5-2-1-3-6-14)18-15-11-17-19(12-15)13-16-7-4-9-22-16/h1-3,5-6,8,10-12,16,18H,4,7,9,13H2/b10-8+/t16-/m1/s1. The third kappa shape index (κ3) is 4.67. The molecular weight excluding hydrogens is 314 g/mol. The van der Waals surface area contributed by atoms with Gasteiger partial charge in [-0.15, -0.1) is 0 Å². The molecule has 1 atom stereocenters. The Labute approximate surface area is 135 Å². The molecule has 6 nitrogen and oxygen atoms in total. The lowest BCUT2D eigenvalue weighted by Gasteiger charge is -2.08. The first kappa shape index (κ1) is 15.8. The number of sulfonamides is 1. The van der Waals surface area contributed by atoms with E-state index in [2.05, 4.69) is 9.82 Å². The molecule has 0 radical (unpaired) electrons. The van der Waals surface area contributed by atoms with Gasteiger partial charge in [-0.1, -0.05) is 30.3 Å². The Hall–Kier alpha value is -2.12. The molecule has 1 aliphatic heterocycles. The summed E-state index contributed by atoms with van der Waals surface area (Å²) in [6.45, 7) is 1.43. The van der Waals surface area contributed by atoms with Gasteiger partial charge in [0, 0.05) is 12.8 Å². The molecule has 0 bridgehead atoms. The molecule has 1 aromatic carbocycles. The number of anilines is 1. The van der Waals surface area contributed by atoms with Crippen molar-refractivity contribution in [2.45, 2.75) is 25.5 Å². The van der Waals surface area contributed by atoms with Crippen molar-refractivity contribution in [3.8, 4) is 0 Å². The van der Waals surface area contributed by atoms with Crippen LogP contribution in [0.15, 0.2) is 48.1 Å². The number of hydrogen-bond donors (Lipinski definition) is 1. The van der Waals surface area contributed by atoms with Crippen molar-refractivity contribution in [2.24, 2.45) is 0 Å². The maximum Gasteiger partial charge on any atom is 0.255 e. The molecular formula is C16H19N3O3S. The van der Waals surface area contributed by atoms with E-state index in [0.717, 1.165) is 30.4 Å². The lowest BCUT2D eigenvalue weighted by atomic mass is 10.2. The largest absolute Gasteiger partial charge is 0.376 e. The first-order chi connectivity index (χ1) is 11.1. The third-order valence-electron chi connectivity index (χ3n) is 3.55. The topological polar surface area (TPSA) is 73.2 Å². The Balaban J connectivity index is 1.61. The first-order valence-electron chi connectivity index (χ1n) is 7.51. The predicted octanol–water partition coefficient (Wildman–Crippen LogP) is 2.47. The molecule has 0 saturated carbocycles. The highest BCUT2D eigenvalue weighted by molar-refractivity contribution is 7.95. The molecule has 3 rings (SSSR count). The maximum atomic E-state index is 12.1. The molecule has 0 spiro atoms. The van der Waals surface area contributed by atoms with Gasteiger partial charge in [0.05, 0.1) is 29.9 Å². The number of ether oxygens (including phenoxy) is 1. The van der Waals surface area contributed by atoms with Crippen LogP contribution in [0, 0.1) is 0 Å². The molecule has 1 saturated heterocycles. The average Bonchev–Trinajstić information content (AvgIpc) is 3.19. The Morgan fingerprint density at radius 3 is 2.91 bits per heavy atom. The predicted molar refractivity (Wildman–Crippen MR) is 89.2 cm³/mol. The molecule has 122 valence electrons. The van der Waals surface area contributed by atoms with Crippen LogP contribution in [0.2, 0.25) is 0 Å². The van der Waals surface area contributed by atoms with Gasteiger partial charge in [0.1, 0.15) is 0 Å². The molecule has 1 fully saturated rings. The lowest BCUT2D eigenvalue weighted by Crippen LogP contribution is -2.15. The van der Waals surface area contributed by atoms with E-state index in [-0.39, 0.29) is 6.10 Å². The van der Waals surface area contributed by atoms with Crippen molar-refractivity contribution in [3.63, 3.8) is 0 Å². The first-order valence-corrected chi connectivity index (χ1v) is 9.05. The van der Waals surface area contributed by atoms with Crippen molar-refractivity contribution >= 4 is 21.8 Å². The van der Waals surface area contributed by atoms with E-state index in [0.29, 0.717) is 12.2 Å². The van der Waals surface area contributed by atoms with Gasteiger partial charge < -0.3 is 4.74 Å². The van der Waals surface area contributed by atoms with Gasteiger partial charge in [-0.25, -0.2) is 8.42 Å². The zero-order valence-electron chi connectivity index (χ0n) is 12.6. The summed E-state index contributed by atoms with van der Waals surface area (Å²) in [5, 5.41) is 5.32. The van der Waals surface area contributed by atoms with E-state index in [9.17, 15) is 8.42 Å². The summed E-state index contributed by atoms with van der Waals surface area (Å²) in [6.07, 6.45) is 6.98. The van der Waals surface area contributed by atoms with Crippen LogP contribution in [-0.2, 0) is 21.3 Å². The van der Waals surface area contributed by atoms with Crippen LogP contribution in [0.3, 0.4) is 0 Å².